The van der Waals surface area contributed by atoms with Gasteiger partial charge in [0.25, 0.3) is 0 Å². The van der Waals surface area contributed by atoms with Crippen LogP contribution < -0.4 is 0 Å². The van der Waals surface area contributed by atoms with Crippen molar-refractivity contribution < 1.29 is 22.8 Å². The Hall–Kier alpha value is -2.06. The van der Waals surface area contributed by atoms with Crippen LogP contribution >= 0.6 is 0 Å². The van der Waals surface area contributed by atoms with Gasteiger partial charge >= 0.3 is 12.1 Å². The topological polar surface area (TPSA) is 58.4 Å². The monoisotopic (exact) mass is 344 g/mol. The Labute approximate surface area is 137 Å². The highest BCUT2D eigenvalue weighted by Crippen LogP contribution is 2.28. The molecule has 2 aliphatic heterocycles. The molecule has 2 saturated heterocycles. The quantitative estimate of drug-likeness (QED) is 0.819. The number of likely N-dealkylation sites (tertiary alicyclic amines) is 2. The van der Waals surface area contributed by atoms with Crippen LogP contribution in [0, 0.1) is 0 Å². The van der Waals surface area contributed by atoms with Crippen LogP contribution in [-0.2, 0) is 9.59 Å². The van der Waals surface area contributed by atoms with Crippen molar-refractivity contribution in [2.24, 2.45) is 0 Å². The molecule has 1 aromatic rings. The van der Waals surface area contributed by atoms with Crippen LogP contribution in [0.15, 0.2) is 18.5 Å². The van der Waals surface area contributed by atoms with Crippen LogP contribution in [0.2, 0.25) is 0 Å². The summed E-state index contributed by atoms with van der Waals surface area (Å²) in [6.07, 6.45) is 0.734. The molecule has 132 valence electrons. The van der Waals surface area contributed by atoms with E-state index >= 15 is 0 Å². The van der Waals surface area contributed by atoms with E-state index in [0.29, 0.717) is 43.7 Å². The van der Waals surface area contributed by atoms with E-state index < -0.39 is 18.1 Å². The molecule has 9 heteroatoms. The first-order chi connectivity index (χ1) is 11.4. The molecule has 1 atom stereocenters. The number of piperidine rings is 1. The molecule has 2 amide bonds. The Bertz CT molecular complexity index is 594. The molecule has 3 rings (SSSR count). The minimum atomic E-state index is -4.93. The largest absolute Gasteiger partial charge is 0.471 e. The van der Waals surface area contributed by atoms with Crippen molar-refractivity contribution in [1.82, 2.24) is 19.6 Å². The third kappa shape index (κ3) is 3.25. The smallest absolute Gasteiger partial charge is 0.341 e. The average molecular weight is 344 g/mol. The molecule has 2 aliphatic rings. The third-order valence-electron chi connectivity index (χ3n) is 4.72. The van der Waals surface area contributed by atoms with Crippen molar-refractivity contribution in [3.8, 4) is 0 Å². The second kappa shape index (κ2) is 6.45. The van der Waals surface area contributed by atoms with E-state index in [1.54, 1.807) is 11.1 Å². The van der Waals surface area contributed by atoms with E-state index in [9.17, 15) is 22.8 Å². The van der Waals surface area contributed by atoms with E-state index in [1.807, 2.05) is 16.9 Å². The van der Waals surface area contributed by atoms with Crippen LogP contribution in [0.5, 0.6) is 0 Å². The summed E-state index contributed by atoms with van der Waals surface area (Å²) in [7, 11) is 0. The van der Waals surface area contributed by atoms with Crippen molar-refractivity contribution in [3.05, 3.63) is 18.5 Å². The lowest BCUT2D eigenvalue weighted by Crippen LogP contribution is -2.52. The van der Waals surface area contributed by atoms with Gasteiger partial charge in [-0.05, 0) is 31.7 Å². The lowest BCUT2D eigenvalue weighted by atomic mass is 10.0. The first kappa shape index (κ1) is 16.8. The molecule has 0 bridgehead atoms. The third-order valence-corrected chi connectivity index (χ3v) is 4.72. The highest BCUT2D eigenvalue weighted by Gasteiger charge is 2.48. The zero-order chi connectivity index (χ0) is 17.3. The molecule has 0 aromatic carbocycles. The summed E-state index contributed by atoms with van der Waals surface area (Å²) < 4.78 is 39.8. The SMILES string of the molecule is O=C(C1CCCN1C(=O)C(F)(F)F)N1CCC(n2cccn2)CC1. The number of aromatic nitrogens is 2. The van der Waals surface area contributed by atoms with Crippen molar-refractivity contribution >= 4 is 11.8 Å². The summed E-state index contributed by atoms with van der Waals surface area (Å²) >= 11 is 0. The number of carbonyl (C=O) groups is 2. The van der Waals surface area contributed by atoms with Gasteiger partial charge in [-0.1, -0.05) is 0 Å². The van der Waals surface area contributed by atoms with E-state index in [1.165, 1.54) is 0 Å². The zero-order valence-electron chi connectivity index (χ0n) is 13.1. The highest BCUT2D eigenvalue weighted by atomic mass is 19.4. The predicted molar refractivity (Wildman–Crippen MR) is 77.9 cm³/mol. The molecule has 1 unspecified atom stereocenters. The van der Waals surface area contributed by atoms with Crippen LogP contribution in [0.1, 0.15) is 31.7 Å². The number of hydrogen-bond donors (Lipinski definition) is 0. The number of amides is 2. The first-order valence-electron chi connectivity index (χ1n) is 8.03. The van der Waals surface area contributed by atoms with Gasteiger partial charge in [-0.25, -0.2) is 0 Å². The second-order valence-corrected chi connectivity index (χ2v) is 6.20. The van der Waals surface area contributed by atoms with Crippen molar-refractivity contribution in [2.75, 3.05) is 19.6 Å². The fraction of sp³-hybridized carbons (Fsp3) is 0.667. The second-order valence-electron chi connectivity index (χ2n) is 6.20. The number of alkyl halides is 3. The standard InChI is InChI=1S/C15H19F3N4O2/c16-15(17,18)14(24)21-7-1-3-12(21)13(23)20-9-4-11(5-10-20)22-8-2-6-19-22/h2,6,8,11-12H,1,3-5,7,9-10H2. The number of halogens is 3. The molecule has 6 nitrogen and oxygen atoms in total. The van der Waals surface area contributed by atoms with E-state index in [4.69, 9.17) is 0 Å². The van der Waals surface area contributed by atoms with Gasteiger partial charge in [0.05, 0.1) is 6.04 Å². The van der Waals surface area contributed by atoms with Gasteiger partial charge in [-0.3, -0.25) is 14.3 Å². The molecule has 0 spiro atoms. The molecule has 1 aromatic heterocycles. The summed E-state index contributed by atoms with van der Waals surface area (Å²) in [5.41, 5.74) is 0. The van der Waals surface area contributed by atoms with Crippen LogP contribution in [0.4, 0.5) is 13.2 Å². The molecule has 0 radical (unpaired) electrons. The van der Waals surface area contributed by atoms with Crippen molar-refractivity contribution in [1.29, 1.82) is 0 Å². The first-order valence-corrected chi connectivity index (χ1v) is 8.03. The summed E-state index contributed by atoms with van der Waals surface area (Å²) in [5.74, 6) is -2.28. The van der Waals surface area contributed by atoms with Gasteiger partial charge in [0.1, 0.15) is 6.04 Å². The van der Waals surface area contributed by atoms with Gasteiger partial charge in [0, 0.05) is 32.0 Å². The summed E-state index contributed by atoms with van der Waals surface area (Å²) in [5, 5.41) is 4.18. The minimum absolute atomic E-state index is 0.0154. The minimum Gasteiger partial charge on any atom is -0.341 e. The molecule has 0 saturated carbocycles. The van der Waals surface area contributed by atoms with Crippen LogP contribution in [0.25, 0.3) is 0 Å². The van der Waals surface area contributed by atoms with Crippen LogP contribution in [0.3, 0.4) is 0 Å². The fourth-order valence-electron chi connectivity index (χ4n) is 3.49. The predicted octanol–water partition coefficient (Wildman–Crippen LogP) is 1.60. The summed E-state index contributed by atoms with van der Waals surface area (Å²) in [6, 6.07) is 1.04. The van der Waals surface area contributed by atoms with Gasteiger partial charge in [0.15, 0.2) is 0 Å². The van der Waals surface area contributed by atoms with Gasteiger partial charge < -0.3 is 9.80 Å². The normalized spacial score (nSPS) is 22.9. The lowest BCUT2D eigenvalue weighted by molar-refractivity contribution is -0.187. The van der Waals surface area contributed by atoms with E-state index in [2.05, 4.69) is 5.10 Å². The van der Waals surface area contributed by atoms with E-state index in [0.717, 1.165) is 0 Å². The number of hydrogen-bond acceptors (Lipinski definition) is 3. The number of nitrogens with zero attached hydrogens (tertiary/aromatic N) is 4. The number of rotatable bonds is 2. The van der Waals surface area contributed by atoms with Gasteiger partial charge in [0.2, 0.25) is 5.91 Å². The Balaban J connectivity index is 1.61. The zero-order valence-corrected chi connectivity index (χ0v) is 13.1. The lowest BCUT2D eigenvalue weighted by Gasteiger charge is -2.35. The van der Waals surface area contributed by atoms with Crippen LogP contribution in [-0.4, -0.2) is 63.2 Å². The van der Waals surface area contributed by atoms with Crippen molar-refractivity contribution in [2.45, 2.75) is 43.9 Å². The maximum absolute atomic E-state index is 12.7. The number of carbonyl (C=O) groups excluding carboxylic acids is 2. The van der Waals surface area contributed by atoms with Gasteiger partial charge in [-0.15, -0.1) is 0 Å². The molecule has 0 aliphatic carbocycles. The van der Waals surface area contributed by atoms with E-state index in [-0.39, 0.29) is 18.5 Å². The average Bonchev–Trinajstić information content (AvgIpc) is 3.24. The molecule has 2 fully saturated rings. The molecule has 3 heterocycles. The Morgan fingerprint density at radius 2 is 1.79 bits per heavy atom. The Morgan fingerprint density at radius 3 is 2.38 bits per heavy atom. The van der Waals surface area contributed by atoms with Crippen molar-refractivity contribution in [3.63, 3.8) is 0 Å². The Morgan fingerprint density at radius 1 is 1.08 bits per heavy atom. The maximum Gasteiger partial charge on any atom is 0.471 e. The molecular formula is C15H19F3N4O2. The summed E-state index contributed by atoms with van der Waals surface area (Å²) in [6.45, 7) is 0.917. The summed E-state index contributed by atoms with van der Waals surface area (Å²) in [4.78, 5) is 26.3. The molecule has 0 N–H and O–H groups in total. The molecular weight excluding hydrogens is 325 g/mol. The highest BCUT2D eigenvalue weighted by molar-refractivity contribution is 5.90. The maximum atomic E-state index is 12.7. The fourth-order valence-corrected chi connectivity index (χ4v) is 3.49. The van der Waals surface area contributed by atoms with Gasteiger partial charge in [-0.2, -0.15) is 18.3 Å². The molecule has 24 heavy (non-hydrogen) atoms. The Kier molecular flexibility index (Phi) is 4.51.